The van der Waals surface area contributed by atoms with Crippen molar-refractivity contribution in [2.45, 2.75) is 52.3 Å². The van der Waals surface area contributed by atoms with Gasteiger partial charge in [0, 0.05) is 0 Å². The van der Waals surface area contributed by atoms with Gasteiger partial charge in [-0.3, -0.25) is 14.4 Å². The Morgan fingerprint density at radius 3 is 2.62 bits per heavy atom. The van der Waals surface area contributed by atoms with Crippen molar-refractivity contribution in [1.29, 1.82) is 0 Å². The molecule has 0 aromatic carbocycles. The van der Waals surface area contributed by atoms with Crippen LogP contribution in [0.1, 0.15) is 49.8 Å². The number of esters is 1. The first-order chi connectivity index (χ1) is 16.2. The normalized spacial score (nSPS) is 21.9. The Morgan fingerprint density at radius 2 is 1.97 bits per heavy atom. The molecule has 34 heavy (non-hydrogen) atoms. The predicted octanol–water partition coefficient (Wildman–Crippen LogP) is 1.80. The summed E-state index contributed by atoms with van der Waals surface area (Å²) in [7, 11) is 0. The summed E-state index contributed by atoms with van der Waals surface area (Å²) in [5.74, 6) is -3.20. The summed E-state index contributed by atoms with van der Waals surface area (Å²) in [5.41, 5.74) is -0.405. The van der Waals surface area contributed by atoms with Gasteiger partial charge in [0.1, 0.15) is 29.4 Å². The molecule has 0 radical (unpaired) electrons. The number of carbonyl (C=O) groups is 4. The Balaban J connectivity index is 2.44. The fourth-order valence-electron chi connectivity index (χ4n) is 3.03. The van der Waals surface area contributed by atoms with E-state index < -0.39 is 41.7 Å². The highest BCUT2D eigenvalue weighted by atomic mass is 32.1. The molecule has 2 rings (SSSR count). The molecule has 3 N–H and O–H groups in total. The van der Waals surface area contributed by atoms with E-state index in [9.17, 15) is 23.6 Å². The van der Waals surface area contributed by atoms with Crippen molar-refractivity contribution in [3.8, 4) is 0 Å². The molecule has 11 heteroatoms. The van der Waals surface area contributed by atoms with Gasteiger partial charge in [-0.05, 0) is 43.2 Å². The Hall–Kier alpha value is -3.21. The Labute approximate surface area is 203 Å². The summed E-state index contributed by atoms with van der Waals surface area (Å²) in [6.45, 7) is 4.71. The average molecular weight is 493 g/mol. The van der Waals surface area contributed by atoms with Gasteiger partial charge < -0.3 is 20.7 Å². The number of carbonyl (C=O) groups excluding carboxylic acids is 4. The number of nitrogens with one attached hydrogen (secondary N) is 3. The summed E-state index contributed by atoms with van der Waals surface area (Å²) >= 11 is 4.13. The number of pyridine rings is 1. The van der Waals surface area contributed by atoms with Crippen molar-refractivity contribution < 1.29 is 28.3 Å². The molecule has 9 nitrogen and oxygen atoms in total. The number of halogens is 1. The maximum Gasteiger partial charge on any atom is 0.329 e. The Bertz CT molecular complexity index is 996. The second-order valence-corrected chi connectivity index (χ2v) is 8.32. The largest absolute Gasteiger partial charge is 0.456 e. The third-order valence-electron chi connectivity index (χ3n) is 4.89. The molecule has 0 spiro atoms. The van der Waals surface area contributed by atoms with Crippen molar-refractivity contribution >= 4 is 36.3 Å². The zero-order valence-electron chi connectivity index (χ0n) is 19.3. The van der Waals surface area contributed by atoms with Gasteiger partial charge in [0.25, 0.3) is 11.8 Å². The van der Waals surface area contributed by atoms with Crippen LogP contribution >= 0.6 is 12.6 Å². The quantitative estimate of drug-likeness (QED) is 0.220. The van der Waals surface area contributed by atoms with Crippen molar-refractivity contribution in [2.75, 3.05) is 5.75 Å². The van der Waals surface area contributed by atoms with Gasteiger partial charge in [-0.1, -0.05) is 26.0 Å². The van der Waals surface area contributed by atoms with Crippen LogP contribution in [-0.4, -0.2) is 46.6 Å². The monoisotopic (exact) mass is 492 g/mol. The van der Waals surface area contributed by atoms with Crippen molar-refractivity contribution in [2.24, 2.45) is 5.92 Å². The van der Waals surface area contributed by atoms with Gasteiger partial charge >= 0.3 is 5.97 Å². The van der Waals surface area contributed by atoms with Crippen LogP contribution in [0.4, 0.5) is 4.39 Å². The molecule has 2 atom stereocenters. The fraction of sp³-hybridized carbons (Fsp3) is 0.435. The maximum absolute atomic E-state index is 14.2. The number of rotatable bonds is 4. The van der Waals surface area contributed by atoms with Crippen molar-refractivity contribution in [3.05, 3.63) is 53.3 Å². The van der Waals surface area contributed by atoms with Crippen LogP contribution in [-0.2, 0) is 25.7 Å². The van der Waals surface area contributed by atoms with Crippen LogP contribution in [0.25, 0.3) is 0 Å². The second-order valence-electron chi connectivity index (χ2n) is 7.87. The topological polar surface area (TPSA) is 126 Å². The summed E-state index contributed by atoms with van der Waals surface area (Å²) in [4.78, 5) is 54.8. The molecule has 1 aliphatic rings. The second kappa shape index (κ2) is 12.9. The molecular formula is C23H29FN4O5S. The molecule has 1 aliphatic heterocycles. The molecule has 1 aromatic heterocycles. The van der Waals surface area contributed by atoms with Crippen LogP contribution < -0.4 is 16.0 Å². The van der Waals surface area contributed by atoms with Crippen molar-refractivity contribution in [1.82, 2.24) is 20.9 Å². The van der Waals surface area contributed by atoms with E-state index in [0.29, 0.717) is 12.2 Å². The minimum atomic E-state index is -1.04. The number of hydrogen-bond donors (Lipinski definition) is 4. The number of fused-ring (bicyclic) bond motifs is 2. The molecule has 2 bridgehead atoms. The predicted molar refractivity (Wildman–Crippen MR) is 126 cm³/mol. The third kappa shape index (κ3) is 7.68. The average Bonchev–Trinajstić information content (AvgIpc) is 2.79. The molecule has 0 fully saturated rings. The minimum Gasteiger partial charge on any atom is -0.456 e. The SMILES string of the molecule is C/C=C1\NC(=O)c2ccc(F)c(n2)CNC(=O)C[C@@H](/C=C/CCS)OC(=O)[C@H](C(C)C)NC1=O. The fourth-order valence-corrected chi connectivity index (χ4v) is 3.18. The third-order valence-corrected chi connectivity index (χ3v) is 5.15. The lowest BCUT2D eigenvalue weighted by Crippen LogP contribution is -2.48. The minimum absolute atomic E-state index is 0.109. The van der Waals surface area contributed by atoms with E-state index in [1.54, 1.807) is 26.0 Å². The van der Waals surface area contributed by atoms with E-state index in [1.165, 1.54) is 19.1 Å². The molecule has 2 heterocycles. The van der Waals surface area contributed by atoms with Gasteiger partial charge in [0.05, 0.1) is 18.7 Å². The molecule has 0 aliphatic carbocycles. The van der Waals surface area contributed by atoms with Crippen LogP contribution in [0.15, 0.2) is 36.1 Å². The zero-order chi connectivity index (χ0) is 25.3. The maximum atomic E-state index is 14.2. The zero-order valence-corrected chi connectivity index (χ0v) is 20.2. The van der Waals surface area contributed by atoms with Gasteiger partial charge in [0.2, 0.25) is 5.91 Å². The highest BCUT2D eigenvalue weighted by Gasteiger charge is 2.30. The summed E-state index contributed by atoms with van der Waals surface area (Å²) < 4.78 is 19.7. The molecule has 0 saturated heterocycles. The number of aromatic nitrogens is 1. The number of hydrogen-bond acceptors (Lipinski definition) is 7. The molecular weight excluding hydrogens is 463 g/mol. The van der Waals surface area contributed by atoms with Gasteiger partial charge in [-0.2, -0.15) is 12.6 Å². The van der Waals surface area contributed by atoms with E-state index in [1.807, 2.05) is 0 Å². The number of amides is 3. The summed E-state index contributed by atoms with van der Waals surface area (Å²) in [6.07, 6.45) is 4.13. The lowest BCUT2D eigenvalue weighted by molar-refractivity contribution is -0.153. The Kier molecular flexibility index (Phi) is 10.2. The van der Waals surface area contributed by atoms with E-state index in [2.05, 4.69) is 33.6 Å². The smallest absolute Gasteiger partial charge is 0.329 e. The highest BCUT2D eigenvalue weighted by molar-refractivity contribution is 7.80. The first kappa shape index (κ1) is 27.0. The van der Waals surface area contributed by atoms with Gasteiger partial charge in [0.15, 0.2) is 0 Å². The first-order valence-electron chi connectivity index (χ1n) is 10.8. The lowest BCUT2D eigenvalue weighted by Gasteiger charge is -2.24. The number of cyclic esters (lactones) is 1. The van der Waals surface area contributed by atoms with Crippen LogP contribution in [0.2, 0.25) is 0 Å². The number of allylic oxidation sites excluding steroid dienone is 2. The van der Waals surface area contributed by atoms with E-state index in [4.69, 9.17) is 4.74 Å². The van der Waals surface area contributed by atoms with E-state index >= 15 is 0 Å². The van der Waals surface area contributed by atoms with Crippen LogP contribution in [0.5, 0.6) is 0 Å². The molecule has 184 valence electrons. The number of nitrogens with zero attached hydrogens (tertiary/aromatic N) is 1. The molecule has 0 unspecified atom stereocenters. The molecule has 1 aromatic rings. The molecule has 3 amide bonds. The lowest BCUT2D eigenvalue weighted by atomic mass is 10.0. The van der Waals surface area contributed by atoms with Gasteiger partial charge in [-0.15, -0.1) is 0 Å². The number of ether oxygens (including phenoxy) is 1. The Morgan fingerprint density at radius 1 is 1.24 bits per heavy atom. The standard InChI is InChI=1S/C23H29FN4O5S/c1-4-16-21(30)28-20(13(2)3)23(32)33-14(7-5-6-10-34)11-19(29)25-12-18-15(24)8-9-17(26-18)22(31)27-16/h4-5,7-9,13-14,20,34H,6,10-12H2,1-3H3,(H,25,29)(H,27,31)(H,28,30)/b7-5+,16-4-/t14-,20+/m1/s1. The van der Waals surface area contributed by atoms with Crippen LogP contribution in [0, 0.1) is 11.7 Å². The highest BCUT2D eigenvalue weighted by Crippen LogP contribution is 2.12. The van der Waals surface area contributed by atoms with E-state index in [-0.39, 0.29) is 36.0 Å². The van der Waals surface area contributed by atoms with Crippen LogP contribution in [0.3, 0.4) is 0 Å². The van der Waals surface area contributed by atoms with Gasteiger partial charge in [-0.25, -0.2) is 14.2 Å². The molecule has 0 saturated carbocycles. The number of thiol groups is 1. The first-order valence-corrected chi connectivity index (χ1v) is 11.5. The van der Waals surface area contributed by atoms with Crippen molar-refractivity contribution in [3.63, 3.8) is 0 Å². The summed E-state index contributed by atoms with van der Waals surface area (Å²) in [5, 5.41) is 7.52. The van der Waals surface area contributed by atoms with E-state index in [0.717, 1.165) is 6.07 Å². The summed E-state index contributed by atoms with van der Waals surface area (Å²) in [6, 6.07) is 1.19.